The number of aliphatic imine (C=N–C) groups is 1. The van der Waals surface area contributed by atoms with Gasteiger partial charge in [-0.3, -0.25) is 0 Å². The Morgan fingerprint density at radius 3 is 2.71 bits per heavy atom. The van der Waals surface area contributed by atoms with Crippen LogP contribution in [0.5, 0.6) is 5.75 Å². The van der Waals surface area contributed by atoms with Crippen molar-refractivity contribution in [3.63, 3.8) is 0 Å². The topological polar surface area (TPSA) is 57.1 Å². The summed E-state index contributed by atoms with van der Waals surface area (Å²) in [4.78, 5) is 7.21. The molecule has 2 saturated heterocycles. The number of phenols is 1. The van der Waals surface area contributed by atoms with Gasteiger partial charge in [0.05, 0.1) is 13.2 Å². The van der Waals surface area contributed by atoms with Gasteiger partial charge in [0, 0.05) is 31.7 Å². The number of nitrogens with zero attached hydrogens (tertiary/aromatic N) is 2. The summed E-state index contributed by atoms with van der Waals surface area (Å²) in [6.07, 6.45) is 2.36. The highest BCUT2D eigenvalue weighted by Gasteiger charge is 2.42. The summed E-state index contributed by atoms with van der Waals surface area (Å²) in [7, 11) is 0. The molecule has 2 fully saturated rings. The summed E-state index contributed by atoms with van der Waals surface area (Å²) in [6.45, 7) is 11.3. The molecule has 0 amide bonds. The van der Waals surface area contributed by atoms with Crippen molar-refractivity contribution < 1.29 is 9.84 Å². The van der Waals surface area contributed by atoms with Crippen LogP contribution in [0.2, 0.25) is 0 Å². The molecule has 1 atom stereocenters. The van der Waals surface area contributed by atoms with Crippen LogP contribution in [0.15, 0.2) is 17.1 Å². The van der Waals surface area contributed by atoms with Crippen molar-refractivity contribution in [3.8, 4) is 5.75 Å². The minimum Gasteiger partial charge on any atom is -0.507 e. The van der Waals surface area contributed by atoms with Crippen LogP contribution >= 0.6 is 0 Å². The molecule has 5 heteroatoms. The van der Waals surface area contributed by atoms with E-state index in [1.165, 1.54) is 12.8 Å². The van der Waals surface area contributed by atoms with Gasteiger partial charge in [0.15, 0.2) is 5.96 Å². The van der Waals surface area contributed by atoms with E-state index in [4.69, 9.17) is 9.73 Å². The van der Waals surface area contributed by atoms with Gasteiger partial charge in [-0.1, -0.05) is 12.1 Å². The van der Waals surface area contributed by atoms with E-state index in [-0.39, 0.29) is 0 Å². The summed E-state index contributed by atoms with van der Waals surface area (Å²) in [6, 6.07) is 4.04. The van der Waals surface area contributed by atoms with E-state index in [2.05, 4.69) is 17.1 Å². The Morgan fingerprint density at radius 1 is 1.33 bits per heavy atom. The number of phenolic OH excluding ortho intramolecular Hbond substituents is 1. The van der Waals surface area contributed by atoms with Crippen molar-refractivity contribution in [3.05, 3.63) is 28.8 Å². The second kappa shape index (κ2) is 7.01. The number of rotatable bonds is 3. The molecular weight excluding hydrogens is 302 g/mol. The van der Waals surface area contributed by atoms with Crippen molar-refractivity contribution in [2.45, 2.75) is 40.2 Å². The van der Waals surface area contributed by atoms with E-state index in [9.17, 15) is 5.11 Å². The molecule has 0 aromatic heterocycles. The summed E-state index contributed by atoms with van der Waals surface area (Å²) in [5.41, 5.74) is 3.29. The molecule has 2 aliphatic heterocycles. The first-order valence-electron chi connectivity index (χ1n) is 8.93. The molecule has 24 heavy (non-hydrogen) atoms. The first kappa shape index (κ1) is 17.1. The van der Waals surface area contributed by atoms with Gasteiger partial charge >= 0.3 is 0 Å². The maximum atomic E-state index is 9.91. The number of guanidine groups is 1. The van der Waals surface area contributed by atoms with Crippen molar-refractivity contribution in [2.24, 2.45) is 10.4 Å². The molecule has 3 rings (SSSR count). The third-order valence-electron chi connectivity index (χ3n) is 5.22. The fourth-order valence-electron chi connectivity index (χ4n) is 3.82. The van der Waals surface area contributed by atoms with Crippen molar-refractivity contribution in [2.75, 3.05) is 32.8 Å². The van der Waals surface area contributed by atoms with Crippen LogP contribution in [0.25, 0.3) is 0 Å². The molecule has 2 aliphatic rings. The molecule has 2 heterocycles. The van der Waals surface area contributed by atoms with Gasteiger partial charge in [-0.15, -0.1) is 0 Å². The predicted molar refractivity (Wildman–Crippen MR) is 96.5 cm³/mol. The SMILES string of the molecule is CCNC(=NCc1cc(C)c(O)c(C)c1)N1CCC2(CCOC2)C1. The third-order valence-corrected chi connectivity index (χ3v) is 5.22. The number of hydrogen-bond acceptors (Lipinski definition) is 3. The molecule has 1 aromatic carbocycles. The maximum absolute atomic E-state index is 9.91. The van der Waals surface area contributed by atoms with Crippen molar-refractivity contribution >= 4 is 5.96 Å². The number of hydrogen-bond donors (Lipinski definition) is 2. The number of aryl methyl sites for hydroxylation is 2. The standard InChI is InChI=1S/C19H29N3O2/c1-4-20-18(22-7-5-19(12-22)6-8-24-13-19)21-11-16-9-14(2)17(23)15(3)10-16/h9-10,23H,4-8,11-13H2,1-3H3,(H,20,21). The highest BCUT2D eigenvalue weighted by atomic mass is 16.5. The number of likely N-dealkylation sites (tertiary alicyclic amines) is 1. The predicted octanol–water partition coefficient (Wildman–Crippen LogP) is 2.59. The van der Waals surface area contributed by atoms with Crippen molar-refractivity contribution in [1.29, 1.82) is 0 Å². The molecule has 2 N–H and O–H groups in total. The second-order valence-electron chi connectivity index (χ2n) is 7.22. The zero-order valence-corrected chi connectivity index (χ0v) is 15.1. The van der Waals surface area contributed by atoms with Crippen LogP contribution < -0.4 is 5.32 Å². The minimum absolute atomic E-state index is 0.335. The highest BCUT2D eigenvalue weighted by molar-refractivity contribution is 5.80. The van der Waals surface area contributed by atoms with E-state index in [1.807, 2.05) is 26.0 Å². The Hall–Kier alpha value is -1.75. The van der Waals surface area contributed by atoms with Gasteiger partial charge in [0.2, 0.25) is 0 Å². The van der Waals surface area contributed by atoms with Gasteiger partial charge in [0.25, 0.3) is 0 Å². The number of ether oxygens (including phenoxy) is 1. The molecular formula is C19H29N3O2. The highest BCUT2D eigenvalue weighted by Crippen LogP contribution is 2.38. The van der Waals surface area contributed by atoms with Crippen LogP contribution in [-0.2, 0) is 11.3 Å². The molecule has 5 nitrogen and oxygen atoms in total. The fraction of sp³-hybridized carbons (Fsp3) is 0.632. The van der Waals surface area contributed by atoms with Gasteiger partial charge in [0.1, 0.15) is 5.75 Å². The quantitative estimate of drug-likeness (QED) is 0.660. The van der Waals surface area contributed by atoms with Crippen LogP contribution in [0.1, 0.15) is 36.5 Å². The second-order valence-corrected chi connectivity index (χ2v) is 7.22. The van der Waals surface area contributed by atoms with E-state index < -0.39 is 0 Å². The van der Waals surface area contributed by atoms with E-state index >= 15 is 0 Å². The summed E-state index contributed by atoms with van der Waals surface area (Å²) < 4.78 is 5.63. The Balaban J connectivity index is 1.72. The molecule has 0 aliphatic carbocycles. The van der Waals surface area contributed by atoms with Crippen LogP contribution in [-0.4, -0.2) is 48.8 Å². The third kappa shape index (κ3) is 3.51. The smallest absolute Gasteiger partial charge is 0.194 e. The van der Waals surface area contributed by atoms with E-state index in [0.717, 1.165) is 55.5 Å². The lowest BCUT2D eigenvalue weighted by Crippen LogP contribution is -2.41. The van der Waals surface area contributed by atoms with Crippen LogP contribution in [0.3, 0.4) is 0 Å². The van der Waals surface area contributed by atoms with Crippen LogP contribution in [0.4, 0.5) is 0 Å². The maximum Gasteiger partial charge on any atom is 0.194 e. The van der Waals surface area contributed by atoms with Gasteiger partial charge in [-0.2, -0.15) is 0 Å². The molecule has 0 saturated carbocycles. The first-order chi connectivity index (χ1) is 11.5. The summed E-state index contributed by atoms with van der Waals surface area (Å²) in [5, 5.41) is 13.3. The van der Waals surface area contributed by atoms with Gasteiger partial charge in [-0.25, -0.2) is 4.99 Å². The van der Waals surface area contributed by atoms with Gasteiger partial charge in [-0.05, 0) is 50.3 Å². The summed E-state index contributed by atoms with van der Waals surface area (Å²) in [5.74, 6) is 1.38. The Labute approximate surface area is 144 Å². The lowest BCUT2D eigenvalue weighted by atomic mass is 9.87. The zero-order chi connectivity index (χ0) is 17.2. The van der Waals surface area contributed by atoms with E-state index in [1.54, 1.807) is 0 Å². The zero-order valence-electron chi connectivity index (χ0n) is 15.1. The average molecular weight is 331 g/mol. The first-order valence-corrected chi connectivity index (χ1v) is 8.93. The minimum atomic E-state index is 0.335. The fourth-order valence-corrected chi connectivity index (χ4v) is 3.82. The largest absolute Gasteiger partial charge is 0.507 e. The normalized spacial score (nSPS) is 24.1. The lowest BCUT2D eigenvalue weighted by Gasteiger charge is -2.25. The Kier molecular flexibility index (Phi) is 4.99. The monoisotopic (exact) mass is 331 g/mol. The molecule has 1 unspecified atom stereocenters. The Morgan fingerprint density at radius 2 is 2.08 bits per heavy atom. The summed E-state index contributed by atoms with van der Waals surface area (Å²) >= 11 is 0. The lowest BCUT2D eigenvalue weighted by molar-refractivity contribution is 0.156. The average Bonchev–Trinajstić information content (AvgIpc) is 3.19. The molecule has 0 radical (unpaired) electrons. The van der Waals surface area contributed by atoms with Crippen molar-refractivity contribution in [1.82, 2.24) is 10.2 Å². The number of nitrogens with one attached hydrogen (secondary N) is 1. The van der Waals surface area contributed by atoms with Crippen LogP contribution in [0, 0.1) is 19.3 Å². The molecule has 0 bridgehead atoms. The van der Waals surface area contributed by atoms with Gasteiger partial charge < -0.3 is 20.1 Å². The molecule has 132 valence electrons. The molecule has 1 aromatic rings. The number of benzene rings is 1. The Bertz CT molecular complexity index is 598. The molecule has 1 spiro atoms. The van der Waals surface area contributed by atoms with E-state index in [0.29, 0.717) is 17.7 Å². The number of aromatic hydroxyl groups is 1.